The van der Waals surface area contributed by atoms with E-state index in [0.717, 1.165) is 32.5 Å². The van der Waals surface area contributed by atoms with Crippen molar-refractivity contribution in [2.24, 2.45) is 5.92 Å². The molecule has 1 saturated heterocycles. The molecule has 1 amide bonds. The maximum absolute atomic E-state index is 12.7. The molecule has 1 fully saturated rings. The van der Waals surface area contributed by atoms with E-state index in [0.29, 0.717) is 11.5 Å². The average molecular weight is 368 g/mol. The van der Waals surface area contributed by atoms with Gasteiger partial charge in [0, 0.05) is 31.7 Å². The number of nitrogens with one attached hydrogen (secondary N) is 1. The number of rotatable bonds is 6. The van der Waals surface area contributed by atoms with E-state index in [-0.39, 0.29) is 16.8 Å². The summed E-state index contributed by atoms with van der Waals surface area (Å²) in [5, 5.41) is 3.17. The number of carbonyl (C=O) groups is 1. The van der Waals surface area contributed by atoms with Crippen molar-refractivity contribution in [3.05, 3.63) is 29.8 Å². The SMILES string of the molecule is CNCC1CCCN(C(=O)c2ccc(S(=O)(=O)N(C)C(C)C)cc2)C1. The smallest absolute Gasteiger partial charge is 0.253 e. The van der Waals surface area contributed by atoms with Gasteiger partial charge < -0.3 is 10.2 Å². The molecule has 0 saturated carbocycles. The highest BCUT2D eigenvalue weighted by Gasteiger charge is 2.26. The zero-order valence-corrected chi connectivity index (χ0v) is 16.3. The number of sulfonamides is 1. The zero-order chi connectivity index (χ0) is 18.6. The lowest BCUT2D eigenvalue weighted by Crippen LogP contribution is -2.42. The summed E-state index contributed by atoms with van der Waals surface area (Å²) in [6.45, 7) is 6.06. The van der Waals surface area contributed by atoms with Crippen LogP contribution in [-0.4, -0.2) is 63.3 Å². The molecule has 1 aliphatic rings. The fraction of sp³-hybridized carbons (Fsp3) is 0.611. The van der Waals surface area contributed by atoms with Crippen LogP contribution in [0.3, 0.4) is 0 Å². The summed E-state index contributed by atoms with van der Waals surface area (Å²) in [5.74, 6) is 0.448. The first-order chi connectivity index (χ1) is 11.8. The number of benzene rings is 1. The maximum atomic E-state index is 12.7. The van der Waals surface area contributed by atoms with Crippen molar-refractivity contribution in [1.29, 1.82) is 0 Å². The molecular weight excluding hydrogens is 338 g/mol. The Morgan fingerprint density at radius 3 is 2.52 bits per heavy atom. The number of hydrogen-bond acceptors (Lipinski definition) is 4. The molecule has 1 N–H and O–H groups in total. The van der Waals surface area contributed by atoms with Gasteiger partial charge in [0.1, 0.15) is 0 Å². The molecule has 1 heterocycles. The number of hydrogen-bond donors (Lipinski definition) is 1. The Labute approximate surface area is 151 Å². The molecule has 0 radical (unpaired) electrons. The lowest BCUT2D eigenvalue weighted by atomic mass is 9.97. The fourth-order valence-electron chi connectivity index (χ4n) is 3.10. The van der Waals surface area contributed by atoms with Gasteiger partial charge in [0.2, 0.25) is 10.0 Å². The molecule has 1 aromatic rings. The summed E-state index contributed by atoms with van der Waals surface area (Å²) >= 11 is 0. The molecule has 0 spiro atoms. The monoisotopic (exact) mass is 367 g/mol. The minimum atomic E-state index is -3.52. The Kier molecular flexibility index (Phi) is 6.59. The van der Waals surface area contributed by atoms with Crippen LogP contribution >= 0.6 is 0 Å². The van der Waals surface area contributed by atoms with Crippen molar-refractivity contribution in [3.63, 3.8) is 0 Å². The first-order valence-corrected chi connectivity index (χ1v) is 10.2. The highest BCUT2D eigenvalue weighted by atomic mass is 32.2. The summed E-state index contributed by atoms with van der Waals surface area (Å²) in [6.07, 6.45) is 2.13. The number of amides is 1. The second-order valence-corrected chi connectivity index (χ2v) is 8.95. The molecule has 1 aromatic carbocycles. The molecule has 0 aliphatic carbocycles. The van der Waals surface area contributed by atoms with E-state index in [1.54, 1.807) is 19.2 Å². The summed E-state index contributed by atoms with van der Waals surface area (Å²) in [7, 11) is -0.0326. The van der Waals surface area contributed by atoms with Gasteiger partial charge in [-0.2, -0.15) is 4.31 Å². The summed E-state index contributed by atoms with van der Waals surface area (Å²) in [6, 6.07) is 6.16. The number of carbonyl (C=O) groups excluding carboxylic acids is 1. The second-order valence-electron chi connectivity index (χ2n) is 6.96. The van der Waals surface area contributed by atoms with Crippen LogP contribution in [0.5, 0.6) is 0 Å². The average Bonchev–Trinajstić information content (AvgIpc) is 2.61. The summed E-state index contributed by atoms with van der Waals surface area (Å²) in [5.41, 5.74) is 0.538. The van der Waals surface area contributed by atoms with Gasteiger partial charge in [-0.1, -0.05) is 0 Å². The quantitative estimate of drug-likeness (QED) is 0.832. The first-order valence-electron chi connectivity index (χ1n) is 8.79. The van der Waals surface area contributed by atoms with Crippen LogP contribution in [-0.2, 0) is 10.0 Å². The van der Waals surface area contributed by atoms with Crippen molar-refractivity contribution in [1.82, 2.24) is 14.5 Å². The van der Waals surface area contributed by atoms with Crippen LogP contribution in [0.4, 0.5) is 0 Å². The van der Waals surface area contributed by atoms with E-state index < -0.39 is 10.0 Å². The van der Waals surface area contributed by atoms with E-state index in [2.05, 4.69) is 5.32 Å². The standard InChI is InChI=1S/C18H29N3O3S/c1-14(2)20(4)25(23,24)17-9-7-16(8-10-17)18(22)21-11-5-6-15(13-21)12-19-3/h7-10,14-15,19H,5-6,11-13H2,1-4H3. The molecule has 1 atom stereocenters. The van der Waals surface area contributed by atoms with Crippen LogP contribution in [0.25, 0.3) is 0 Å². The Morgan fingerprint density at radius 2 is 1.96 bits per heavy atom. The molecule has 140 valence electrons. The third-order valence-corrected chi connectivity index (χ3v) is 6.85. The van der Waals surface area contributed by atoms with E-state index >= 15 is 0 Å². The van der Waals surface area contributed by atoms with Gasteiger partial charge >= 0.3 is 0 Å². The normalized spacial score (nSPS) is 18.8. The lowest BCUT2D eigenvalue weighted by Gasteiger charge is -2.32. The lowest BCUT2D eigenvalue weighted by molar-refractivity contribution is 0.0674. The third kappa shape index (κ3) is 4.59. The van der Waals surface area contributed by atoms with Gasteiger partial charge in [0.05, 0.1) is 4.90 Å². The van der Waals surface area contributed by atoms with E-state index in [9.17, 15) is 13.2 Å². The van der Waals surface area contributed by atoms with Gasteiger partial charge in [-0.25, -0.2) is 8.42 Å². The van der Waals surface area contributed by atoms with Crippen molar-refractivity contribution >= 4 is 15.9 Å². The number of piperidine rings is 1. The van der Waals surface area contributed by atoms with Crippen LogP contribution in [0, 0.1) is 5.92 Å². The third-order valence-electron chi connectivity index (χ3n) is 4.80. The maximum Gasteiger partial charge on any atom is 0.253 e. The van der Waals surface area contributed by atoms with E-state index in [1.165, 1.54) is 16.4 Å². The van der Waals surface area contributed by atoms with Crippen molar-refractivity contribution in [3.8, 4) is 0 Å². The Bertz CT molecular complexity index is 684. The number of nitrogens with zero attached hydrogens (tertiary/aromatic N) is 2. The van der Waals surface area contributed by atoms with Crippen molar-refractivity contribution in [2.75, 3.05) is 33.7 Å². The van der Waals surface area contributed by atoms with Gasteiger partial charge in [-0.15, -0.1) is 0 Å². The molecule has 7 heteroatoms. The first kappa shape index (κ1) is 19.9. The number of likely N-dealkylation sites (tertiary alicyclic amines) is 1. The van der Waals surface area contributed by atoms with E-state index in [4.69, 9.17) is 0 Å². The Morgan fingerprint density at radius 1 is 1.32 bits per heavy atom. The zero-order valence-electron chi connectivity index (χ0n) is 15.5. The molecule has 0 bridgehead atoms. The Balaban J connectivity index is 2.13. The molecule has 1 aliphatic heterocycles. The molecule has 6 nitrogen and oxygen atoms in total. The highest BCUT2D eigenvalue weighted by Crippen LogP contribution is 2.20. The molecular formula is C18H29N3O3S. The predicted molar refractivity (Wildman–Crippen MR) is 99.1 cm³/mol. The molecule has 25 heavy (non-hydrogen) atoms. The minimum Gasteiger partial charge on any atom is -0.338 e. The van der Waals surface area contributed by atoms with Gasteiger partial charge in [-0.3, -0.25) is 4.79 Å². The predicted octanol–water partition coefficient (Wildman–Crippen LogP) is 1.79. The molecule has 2 rings (SSSR count). The van der Waals surface area contributed by atoms with E-state index in [1.807, 2.05) is 25.8 Å². The largest absolute Gasteiger partial charge is 0.338 e. The van der Waals surface area contributed by atoms with Crippen molar-refractivity contribution in [2.45, 2.75) is 37.6 Å². The Hall–Kier alpha value is -1.44. The second kappa shape index (κ2) is 8.29. The minimum absolute atomic E-state index is 0.0260. The van der Waals surface area contributed by atoms with Crippen LogP contribution in [0.15, 0.2) is 29.2 Å². The highest BCUT2D eigenvalue weighted by molar-refractivity contribution is 7.89. The summed E-state index contributed by atoms with van der Waals surface area (Å²) in [4.78, 5) is 14.8. The fourth-order valence-corrected chi connectivity index (χ4v) is 4.47. The van der Waals surface area contributed by atoms with Crippen LogP contribution in [0.2, 0.25) is 0 Å². The van der Waals surface area contributed by atoms with Gasteiger partial charge in [0.25, 0.3) is 5.91 Å². The summed E-state index contributed by atoms with van der Waals surface area (Å²) < 4.78 is 26.3. The van der Waals surface area contributed by atoms with Crippen LogP contribution in [0.1, 0.15) is 37.0 Å². The topological polar surface area (TPSA) is 69.7 Å². The molecule has 0 aromatic heterocycles. The van der Waals surface area contributed by atoms with Crippen molar-refractivity contribution < 1.29 is 13.2 Å². The molecule has 1 unspecified atom stereocenters. The van der Waals surface area contributed by atoms with Gasteiger partial charge in [-0.05, 0) is 70.5 Å². The van der Waals surface area contributed by atoms with Crippen LogP contribution < -0.4 is 5.32 Å². The van der Waals surface area contributed by atoms with Gasteiger partial charge in [0.15, 0.2) is 0 Å².